The van der Waals surface area contributed by atoms with Crippen LogP contribution in [0.1, 0.15) is 77.6 Å². The SMILES string of the molecule is CCCCCCCCCCCCCOCCO.OCCO.OCCO.OCCO.OCCO. The van der Waals surface area contributed by atoms with E-state index in [1.54, 1.807) is 0 Å². The van der Waals surface area contributed by atoms with Gasteiger partial charge in [-0.2, -0.15) is 0 Å². The minimum atomic E-state index is -0.125. The van der Waals surface area contributed by atoms with Gasteiger partial charge in [0.2, 0.25) is 0 Å². The third-order valence-electron chi connectivity index (χ3n) is 3.53. The van der Waals surface area contributed by atoms with Gasteiger partial charge < -0.3 is 50.7 Å². The molecule has 0 aromatic heterocycles. The highest BCUT2D eigenvalue weighted by Gasteiger charge is 1.93. The average Bonchev–Trinajstić information content (AvgIpc) is 2.87. The molecule has 0 aromatic carbocycles. The maximum atomic E-state index is 8.52. The van der Waals surface area contributed by atoms with Crippen LogP contribution in [-0.2, 0) is 4.74 Å². The van der Waals surface area contributed by atoms with E-state index in [1.165, 1.54) is 64.2 Å². The van der Waals surface area contributed by atoms with E-state index in [-0.39, 0.29) is 59.5 Å². The zero-order chi connectivity index (χ0) is 26.3. The molecule has 0 radical (unpaired) electrons. The number of ether oxygens (including phenoxy) is 1. The highest BCUT2D eigenvalue weighted by Crippen LogP contribution is 2.11. The molecule has 0 rings (SSSR count). The fourth-order valence-electron chi connectivity index (χ4n) is 2.03. The molecule has 0 bridgehead atoms. The van der Waals surface area contributed by atoms with Crippen molar-refractivity contribution in [3.05, 3.63) is 0 Å². The van der Waals surface area contributed by atoms with E-state index < -0.39 is 0 Å². The summed E-state index contributed by atoms with van der Waals surface area (Å²) in [5.74, 6) is 0. The summed E-state index contributed by atoms with van der Waals surface area (Å²) in [6, 6.07) is 0. The summed E-state index contributed by atoms with van der Waals surface area (Å²) >= 11 is 0. The number of unbranched alkanes of at least 4 members (excludes halogenated alkanes) is 10. The Labute approximate surface area is 201 Å². The first-order chi connectivity index (χ1) is 16.1. The highest BCUT2D eigenvalue weighted by molar-refractivity contribution is 4.47. The zero-order valence-corrected chi connectivity index (χ0v) is 21.0. The van der Waals surface area contributed by atoms with E-state index in [2.05, 4.69) is 6.92 Å². The van der Waals surface area contributed by atoms with Crippen LogP contribution in [0.5, 0.6) is 0 Å². The third-order valence-corrected chi connectivity index (χ3v) is 3.53. The molecule has 10 nitrogen and oxygen atoms in total. The van der Waals surface area contributed by atoms with Gasteiger partial charge in [-0.1, -0.05) is 71.1 Å². The average molecular weight is 493 g/mol. The molecule has 0 aliphatic heterocycles. The van der Waals surface area contributed by atoms with E-state index in [9.17, 15) is 0 Å². The Bertz CT molecular complexity index is 199. The second kappa shape index (κ2) is 57.9. The Hall–Kier alpha value is -0.400. The number of hydrogen-bond donors (Lipinski definition) is 9. The molecule has 0 aromatic rings. The number of aliphatic hydroxyl groups excluding tert-OH is 9. The van der Waals surface area contributed by atoms with Crippen molar-refractivity contribution in [3.63, 3.8) is 0 Å². The molecule has 0 heterocycles. The molecule has 208 valence electrons. The lowest BCUT2D eigenvalue weighted by atomic mass is 10.1. The maximum Gasteiger partial charge on any atom is 0.0697 e. The van der Waals surface area contributed by atoms with E-state index in [0.717, 1.165) is 13.0 Å². The predicted octanol–water partition coefficient (Wildman–Crippen LogP) is 0.190. The third kappa shape index (κ3) is 89.4. The Morgan fingerprint density at radius 3 is 0.848 bits per heavy atom. The molecule has 0 unspecified atom stereocenters. The van der Waals surface area contributed by atoms with Crippen molar-refractivity contribution in [2.75, 3.05) is 72.7 Å². The van der Waals surface area contributed by atoms with Gasteiger partial charge in [0.15, 0.2) is 0 Å². The van der Waals surface area contributed by atoms with Crippen molar-refractivity contribution in [1.29, 1.82) is 0 Å². The molecule has 10 heteroatoms. The Morgan fingerprint density at radius 2 is 0.606 bits per heavy atom. The molecule has 0 fully saturated rings. The summed E-state index contributed by atoms with van der Waals surface area (Å²) in [6.07, 6.45) is 15.0. The summed E-state index contributed by atoms with van der Waals surface area (Å²) in [5.41, 5.74) is 0. The second-order valence-electron chi connectivity index (χ2n) is 6.66. The van der Waals surface area contributed by atoms with Crippen molar-refractivity contribution < 1.29 is 50.7 Å². The Kier molecular flexibility index (Phi) is 75.0. The minimum absolute atomic E-state index is 0.125. The first kappa shape index (κ1) is 42.7. The molecule has 33 heavy (non-hydrogen) atoms. The quantitative estimate of drug-likeness (QED) is 0.119. The van der Waals surface area contributed by atoms with Crippen LogP contribution in [-0.4, -0.2) is 119 Å². The second-order valence-corrected chi connectivity index (χ2v) is 6.66. The van der Waals surface area contributed by atoms with E-state index in [0.29, 0.717) is 6.61 Å². The van der Waals surface area contributed by atoms with Crippen LogP contribution in [0.3, 0.4) is 0 Å². The normalized spacial score (nSPS) is 9.27. The predicted molar refractivity (Wildman–Crippen MR) is 131 cm³/mol. The van der Waals surface area contributed by atoms with Gasteiger partial charge in [0.05, 0.1) is 66.1 Å². The van der Waals surface area contributed by atoms with Gasteiger partial charge >= 0.3 is 0 Å². The van der Waals surface area contributed by atoms with Crippen molar-refractivity contribution >= 4 is 0 Å². The summed E-state index contributed by atoms with van der Waals surface area (Å²) in [5, 5.41) is 69.5. The van der Waals surface area contributed by atoms with Crippen molar-refractivity contribution in [2.24, 2.45) is 0 Å². The number of hydrogen-bond acceptors (Lipinski definition) is 10. The van der Waals surface area contributed by atoms with Gasteiger partial charge in [-0.15, -0.1) is 0 Å². The fraction of sp³-hybridized carbons (Fsp3) is 1.00. The molecule has 9 N–H and O–H groups in total. The number of aliphatic hydroxyl groups is 9. The molecule has 0 aliphatic rings. The van der Waals surface area contributed by atoms with Gasteiger partial charge in [0.1, 0.15) is 0 Å². The van der Waals surface area contributed by atoms with Gasteiger partial charge in [0.25, 0.3) is 0 Å². The van der Waals surface area contributed by atoms with E-state index in [4.69, 9.17) is 50.7 Å². The fourth-order valence-corrected chi connectivity index (χ4v) is 2.03. The standard InChI is InChI=1S/C15H32O2.4C2H6O2/c1-2-3-4-5-6-7-8-9-10-11-12-14-17-15-13-16;4*3-1-2-4/h16H,2-15H2,1H3;4*3-4H,1-2H2. The molecule has 0 saturated heterocycles. The number of rotatable bonds is 18. The molecule has 0 atom stereocenters. The van der Waals surface area contributed by atoms with Gasteiger partial charge in [0, 0.05) is 6.61 Å². The van der Waals surface area contributed by atoms with Crippen LogP contribution in [0.4, 0.5) is 0 Å². The largest absolute Gasteiger partial charge is 0.394 e. The van der Waals surface area contributed by atoms with E-state index >= 15 is 0 Å². The van der Waals surface area contributed by atoms with Crippen LogP contribution < -0.4 is 0 Å². The molecule has 0 amide bonds. The zero-order valence-electron chi connectivity index (χ0n) is 21.0. The summed E-state index contributed by atoms with van der Waals surface area (Å²) in [6.45, 7) is 2.73. The van der Waals surface area contributed by atoms with Gasteiger partial charge in [-0.3, -0.25) is 0 Å². The van der Waals surface area contributed by atoms with E-state index in [1.807, 2.05) is 0 Å². The lowest BCUT2D eigenvalue weighted by molar-refractivity contribution is 0.0895. The monoisotopic (exact) mass is 492 g/mol. The summed E-state index contributed by atoms with van der Waals surface area (Å²) in [7, 11) is 0. The molecular formula is C23H56O10. The first-order valence-electron chi connectivity index (χ1n) is 12.1. The summed E-state index contributed by atoms with van der Waals surface area (Å²) in [4.78, 5) is 0. The molecule has 0 saturated carbocycles. The lowest BCUT2D eigenvalue weighted by Gasteiger charge is -2.03. The molecule has 0 aliphatic carbocycles. The topological polar surface area (TPSA) is 191 Å². The van der Waals surface area contributed by atoms with Gasteiger partial charge in [-0.25, -0.2) is 0 Å². The molecule has 0 spiro atoms. The van der Waals surface area contributed by atoms with Crippen LogP contribution in [0.15, 0.2) is 0 Å². The van der Waals surface area contributed by atoms with Crippen LogP contribution >= 0.6 is 0 Å². The Morgan fingerprint density at radius 1 is 0.333 bits per heavy atom. The van der Waals surface area contributed by atoms with Crippen LogP contribution in [0.2, 0.25) is 0 Å². The van der Waals surface area contributed by atoms with Crippen molar-refractivity contribution in [3.8, 4) is 0 Å². The van der Waals surface area contributed by atoms with Crippen molar-refractivity contribution in [2.45, 2.75) is 77.6 Å². The van der Waals surface area contributed by atoms with Crippen molar-refractivity contribution in [1.82, 2.24) is 0 Å². The highest BCUT2D eigenvalue weighted by atomic mass is 16.5. The van der Waals surface area contributed by atoms with Gasteiger partial charge in [-0.05, 0) is 6.42 Å². The van der Waals surface area contributed by atoms with Crippen LogP contribution in [0.25, 0.3) is 0 Å². The first-order valence-corrected chi connectivity index (χ1v) is 12.1. The lowest BCUT2D eigenvalue weighted by Crippen LogP contribution is -2.00. The maximum absolute atomic E-state index is 8.52. The smallest absolute Gasteiger partial charge is 0.0697 e. The summed E-state index contributed by atoms with van der Waals surface area (Å²) < 4.78 is 5.22. The van der Waals surface area contributed by atoms with Crippen LogP contribution in [0, 0.1) is 0 Å². The minimum Gasteiger partial charge on any atom is -0.394 e. The molecular weight excluding hydrogens is 436 g/mol. The Balaban J connectivity index is -0.000000132.